The van der Waals surface area contributed by atoms with Crippen LogP contribution in [0.3, 0.4) is 0 Å². The Labute approximate surface area is 152 Å². The zero-order chi connectivity index (χ0) is 18.4. The Morgan fingerprint density at radius 3 is 2.40 bits per heavy atom. The molecule has 3 rings (SSSR count). The summed E-state index contributed by atoms with van der Waals surface area (Å²) in [6.45, 7) is 5.41. The van der Waals surface area contributed by atoms with Crippen molar-refractivity contribution < 1.29 is 9.53 Å². The van der Waals surface area contributed by atoms with Crippen molar-refractivity contribution in [3.63, 3.8) is 0 Å². The van der Waals surface area contributed by atoms with Gasteiger partial charge in [0.1, 0.15) is 5.75 Å². The van der Waals surface area contributed by atoms with Crippen molar-refractivity contribution in [2.45, 2.75) is 26.4 Å². The van der Waals surface area contributed by atoms with Crippen molar-refractivity contribution in [1.82, 2.24) is 4.57 Å². The van der Waals surface area contributed by atoms with Gasteiger partial charge in [0.05, 0.1) is 0 Å². The molecule has 0 atom stereocenters. The van der Waals surface area contributed by atoms with Gasteiger partial charge in [0.15, 0.2) is 5.60 Å². The molecule has 25 heavy (non-hydrogen) atoms. The highest BCUT2D eigenvalue weighted by Crippen LogP contribution is 2.37. The van der Waals surface area contributed by atoms with E-state index in [-0.39, 0.29) is 0 Å². The fourth-order valence-electron chi connectivity index (χ4n) is 2.94. The first-order chi connectivity index (χ1) is 11.7. The maximum atomic E-state index is 11.5. The van der Waals surface area contributed by atoms with E-state index < -0.39 is 11.5 Å². The molecule has 3 aromatic rings. The number of amides is 1. The number of carbonyl (C=O) groups excluding carboxylic acids is 1. The average Bonchev–Trinajstić information content (AvgIpc) is 2.79. The van der Waals surface area contributed by atoms with E-state index in [1.54, 1.807) is 13.8 Å². The summed E-state index contributed by atoms with van der Waals surface area (Å²) in [6.07, 6.45) is 0. The summed E-state index contributed by atoms with van der Waals surface area (Å²) >= 11 is 6.02. The van der Waals surface area contributed by atoms with Gasteiger partial charge in [0, 0.05) is 34.2 Å². The van der Waals surface area contributed by atoms with Gasteiger partial charge in [0.2, 0.25) is 0 Å². The van der Waals surface area contributed by atoms with E-state index in [1.807, 2.05) is 49.5 Å². The summed E-state index contributed by atoms with van der Waals surface area (Å²) < 4.78 is 7.97. The number of primary amides is 1. The molecule has 0 bridgehead atoms. The average molecular weight is 357 g/mol. The number of aryl methyl sites for hydroxylation is 1. The van der Waals surface area contributed by atoms with Gasteiger partial charge in [-0.25, -0.2) is 0 Å². The lowest BCUT2D eigenvalue weighted by Crippen LogP contribution is -2.43. The number of nitrogens with zero attached hydrogens (tertiary/aromatic N) is 1. The predicted molar refractivity (Wildman–Crippen MR) is 102 cm³/mol. The van der Waals surface area contributed by atoms with E-state index in [2.05, 4.69) is 11.5 Å². The molecule has 0 aliphatic carbocycles. The second-order valence-electron chi connectivity index (χ2n) is 6.68. The minimum atomic E-state index is -1.07. The minimum Gasteiger partial charge on any atom is -0.478 e. The van der Waals surface area contributed by atoms with Gasteiger partial charge in [0.25, 0.3) is 5.91 Å². The molecule has 0 fully saturated rings. The SMILES string of the molecule is Cc1c(-c2ccc(Cl)cc2)c2cc(OC(C)(C)C(N)=O)ccc2n1C. The smallest absolute Gasteiger partial charge is 0.261 e. The maximum absolute atomic E-state index is 11.5. The van der Waals surface area contributed by atoms with E-state index >= 15 is 0 Å². The largest absolute Gasteiger partial charge is 0.478 e. The summed E-state index contributed by atoms with van der Waals surface area (Å²) in [5.74, 6) is 0.104. The third-order valence-corrected chi connectivity index (χ3v) is 4.81. The monoisotopic (exact) mass is 356 g/mol. The van der Waals surface area contributed by atoms with Gasteiger partial charge < -0.3 is 15.0 Å². The number of hydrogen-bond donors (Lipinski definition) is 1. The number of halogens is 1. The first-order valence-electron chi connectivity index (χ1n) is 8.04. The van der Waals surface area contributed by atoms with E-state index in [0.29, 0.717) is 10.8 Å². The number of hydrogen-bond acceptors (Lipinski definition) is 2. The number of benzene rings is 2. The predicted octanol–water partition coefficient (Wildman–Crippen LogP) is 4.45. The van der Waals surface area contributed by atoms with Crippen molar-refractivity contribution in [2.24, 2.45) is 12.8 Å². The number of aromatic nitrogens is 1. The number of ether oxygens (including phenoxy) is 1. The Kier molecular flexibility index (Phi) is 4.25. The van der Waals surface area contributed by atoms with Crippen molar-refractivity contribution in [3.05, 3.63) is 53.2 Å². The molecule has 0 aliphatic rings. The highest BCUT2D eigenvalue weighted by Gasteiger charge is 2.27. The molecular weight excluding hydrogens is 336 g/mol. The van der Waals surface area contributed by atoms with E-state index in [1.165, 1.54) is 0 Å². The van der Waals surface area contributed by atoms with Crippen LogP contribution in [-0.4, -0.2) is 16.1 Å². The number of nitrogens with two attached hydrogens (primary N) is 1. The van der Waals surface area contributed by atoms with Gasteiger partial charge in [-0.1, -0.05) is 23.7 Å². The summed E-state index contributed by atoms with van der Waals surface area (Å²) in [7, 11) is 2.03. The lowest BCUT2D eigenvalue weighted by Gasteiger charge is -2.22. The first kappa shape index (κ1) is 17.4. The standard InChI is InChI=1S/C20H21ClN2O2/c1-12-18(13-5-7-14(21)8-6-13)16-11-15(9-10-17(16)23(12)4)25-20(2,3)19(22)24/h5-11H,1-4H3,(H2,22,24). The molecule has 2 N–H and O–H groups in total. The van der Waals surface area contributed by atoms with Gasteiger partial charge in [-0.05, 0) is 56.7 Å². The first-order valence-corrected chi connectivity index (χ1v) is 8.42. The van der Waals surface area contributed by atoms with Crippen LogP contribution < -0.4 is 10.5 Å². The highest BCUT2D eigenvalue weighted by molar-refractivity contribution is 6.30. The Bertz CT molecular complexity index is 956. The van der Waals surface area contributed by atoms with Crippen molar-refractivity contribution >= 4 is 28.4 Å². The fraction of sp³-hybridized carbons (Fsp3) is 0.250. The molecule has 5 heteroatoms. The molecule has 0 aliphatic heterocycles. The van der Waals surface area contributed by atoms with Crippen LogP contribution >= 0.6 is 11.6 Å². The summed E-state index contributed by atoms with van der Waals surface area (Å²) in [5, 5.41) is 1.76. The Morgan fingerprint density at radius 2 is 1.80 bits per heavy atom. The number of rotatable bonds is 4. The Balaban J connectivity index is 2.17. The second kappa shape index (κ2) is 6.12. The lowest BCUT2D eigenvalue weighted by molar-refractivity contribution is -0.130. The molecule has 0 saturated heterocycles. The van der Waals surface area contributed by atoms with Gasteiger partial charge in [-0.15, -0.1) is 0 Å². The normalized spacial score (nSPS) is 11.7. The van der Waals surface area contributed by atoms with Crippen molar-refractivity contribution in [2.75, 3.05) is 0 Å². The van der Waals surface area contributed by atoms with E-state index in [0.717, 1.165) is 27.7 Å². The third kappa shape index (κ3) is 3.10. The topological polar surface area (TPSA) is 57.2 Å². The van der Waals surface area contributed by atoms with Crippen molar-refractivity contribution in [1.29, 1.82) is 0 Å². The quantitative estimate of drug-likeness (QED) is 0.750. The van der Waals surface area contributed by atoms with Crippen LogP contribution in [0.15, 0.2) is 42.5 Å². The maximum Gasteiger partial charge on any atom is 0.261 e. The van der Waals surface area contributed by atoms with Crippen LogP contribution in [0.5, 0.6) is 5.75 Å². The van der Waals surface area contributed by atoms with Gasteiger partial charge in [-0.3, -0.25) is 4.79 Å². The van der Waals surface area contributed by atoms with Gasteiger partial charge >= 0.3 is 0 Å². The van der Waals surface area contributed by atoms with E-state index in [4.69, 9.17) is 22.1 Å². The molecule has 0 saturated carbocycles. The molecule has 0 radical (unpaired) electrons. The Morgan fingerprint density at radius 1 is 1.16 bits per heavy atom. The van der Waals surface area contributed by atoms with Crippen molar-refractivity contribution in [3.8, 4) is 16.9 Å². The Hall–Kier alpha value is -2.46. The zero-order valence-electron chi connectivity index (χ0n) is 14.8. The number of fused-ring (bicyclic) bond motifs is 1. The van der Waals surface area contributed by atoms with Crippen LogP contribution in [0, 0.1) is 6.92 Å². The molecule has 2 aromatic carbocycles. The summed E-state index contributed by atoms with van der Waals surface area (Å²) in [4.78, 5) is 11.5. The van der Waals surface area contributed by atoms with Crippen LogP contribution in [0.25, 0.3) is 22.0 Å². The molecule has 130 valence electrons. The minimum absolute atomic E-state index is 0.505. The molecule has 1 heterocycles. The third-order valence-electron chi connectivity index (χ3n) is 4.56. The molecule has 4 nitrogen and oxygen atoms in total. The second-order valence-corrected chi connectivity index (χ2v) is 7.12. The molecule has 1 aromatic heterocycles. The van der Waals surface area contributed by atoms with Crippen LogP contribution in [0.2, 0.25) is 5.02 Å². The lowest BCUT2D eigenvalue weighted by atomic mass is 10.0. The van der Waals surface area contributed by atoms with E-state index in [9.17, 15) is 4.79 Å². The highest BCUT2D eigenvalue weighted by atomic mass is 35.5. The molecule has 0 unspecified atom stereocenters. The van der Waals surface area contributed by atoms with Gasteiger partial charge in [-0.2, -0.15) is 0 Å². The molecule has 0 spiro atoms. The van der Waals surface area contributed by atoms with Crippen LogP contribution in [0.4, 0.5) is 0 Å². The summed E-state index contributed by atoms with van der Waals surface area (Å²) in [5.41, 5.74) is 8.78. The fourth-order valence-corrected chi connectivity index (χ4v) is 3.07. The van der Waals surface area contributed by atoms with Crippen LogP contribution in [-0.2, 0) is 11.8 Å². The zero-order valence-corrected chi connectivity index (χ0v) is 15.5. The number of carbonyl (C=O) groups is 1. The van der Waals surface area contributed by atoms with Crippen LogP contribution in [0.1, 0.15) is 19.5 Å². The molecular formula is C20H21ClN2O2. The summed E-state index contributed by atoms with van der Waals surface area (Å²) in [6, 6.07) is 13.6. The molecule has 1 amide bonds.